The lowest BCUT2D eigenvalue weighted by Crippen LogP contribution is -2.51. The van der Waals surface area contributed by atoms with Gasteiger partial charge in [-0.2, -0.15) is 4.98 Å². The maximum absolute atomic E-state index is 5.97. The number of piperazine rings is 1. The minimum atomic E-state index is 0.430. The molecule has 1 unspecified atom stereocenters. The highest BCUT2D eigenvalue weighted by molar-refractivity contribution is 6.31. The van der Waals surface area contributed by atoms with E-state index in [9.17, 15) is 0 Å². The number of hydrogen-bond donors (Lipinski definition) is 1. The molecule has 0 bridgehead atoms. The number of nitrogens with zero attached hydrogens (tertiary/aromatic N) is 3. The summed E-state index contributed by atoms with van der Waals surface area (Å²) < 4.78 is 5.80. The second kappa shape index (κ2) is 5.60. The van der Waals surface area contributed by atoms with Crippen LogP contribution in [0.3, 0.4) is 0 Å². The first-order valence-electron chi connectivity index (χ1n) is 6.92. The number of benzene rings is 1. The van der Waals surface area contributed by atoms with Crippen LogP contribution in [0.4, 0.5) is 6.01 Å². The predicted molar refractivity (Wildman–Crippen MR) is 81.3 cm³/mol. The largest absolute Gasteiger partial charge is 0.423 e. The smallest absolute Gasteiger partial charge is 0.298 e. The lowest BCUT2D eigenvalue weighted by Gasteiger charge is -2.36. The first-order valence-corrected chi connectivity index (χ1v) is 7.30. The molecule has 6 heteroatoms. The molecule has 1 fully saturated rings. The number of halogens is 1. The van der Waals surface area contributed by atoms with Gasteiger partial charge in [-0.25, -0.2) is 0 Å². The van der Waals surface area contributed by atoms with Crippen LogP contribution in [0, 0.1) is 0 Å². The summed E-state index contributed by atoms with van der Waals surface area (Å²) in [7, 11) is 0. The van der Waals surface area contributed by atoms with Crippen LogP contribution in [0.5, 0.6) is 0 Å². The fourth-order valence-electron chi connectivity index (χ4n) is 2.53. The van der Waals surface area contributed by atoms with Crippen LogP contribution >= 0.6 is 11.6 Å². The van der Waals surface area contributed by atoms with Gasteiger partial charge in [-0.1, -0.05) is 11.6 Å². The van der Waals surface area contributed by atoms with Gasteiger partial charge in [0.15, 0.2) is 5.58 Å². The molecule has 0 saturated carbocycles. The third-order valence-electron chi connectivity index (χ3n) is 3.89. The molecular weight excluding hydrogens is 276 g/mol. The van der Waals surface area contributed by atoms with E-state index in [1.54, 1.807) is 0 Å². The summed E-state index contributed by atoms with van der Waals surface area (Å²) in [4.78, 5) is 9.09. The maximum Gasteiger partial charge on any atom is 0.298 e. The molecule has 2 N–H and O–H groups in total. The highest BCUT2D eigenvalue weighted by atomic mass is 35.5. The van der Waals surface area contributed by atoms with E-state index in [4.69, 9.17) is 21.8 Å². The number of fused-ring (bicyclic) bond motifs is 1. The summed E-state index contributed by atoms with van der Waals surface area (Å²) in [5, 5.41) is 0.680. The molecule has 0 amide bonds. The number of anilines is 1. The van der Waals surface area contributed by atoms with Crippen molar-refractivity contribution in [2.75, 3.05) is 37.6 Å². The van der Waals surface area contributed by atoms with Crippen LogP contribution in [0.1, 0.15) is 6.92 Å². The van der Waals surface area contributed by atoms with Gasteiger partial charge < -0.3 is 15.1 Å². The highest BCUT2D eigenvalue weighted by Gasteiger charge is 2.23. The SMILES string of the molecule is CC(CN)N1CCN(c2nc3cc(Cl)ccc3o2)CC1. The van der Waals surface area contributed by atoms with E-state index < -0.39 is 0 Å². The standard InChI is InChI=1S/C14H19ClN4O/c1-10(9-16)18-4-6-19(7-5-18)14-17-12-8-11(15)2-3-13(12)20-14/h2-3,8,10H,4-7,9,16H2,1H3. The molecule has 1 aromatic carbocycles. The van der Waals surface area contributed by atoms with Crippen LogP contribution < -0.4 is 10.6 Å². The molecule has 108 valence electrons. The average Bonchev–Trinajstić information content (AvgIpc) is 2.89. The summed E-state index contributed by atoms with van der Waals surface area (Å²) in [6, 6.07) is 6.62. The van der Waals surface area contributed by atoms with Crippen molar-refractivity contribution < 1.29 is 4.42 Å². The molecule has 0 spiro atoms. The fourth-order valence-corrected chi connectivity index (χ4v) is 2.69. The van der Waals surface area contributed by atoms with Gasteiger partial charge in [-0.05, 0) is 25.1 Å². The Balaban J connectivity index is 1.73. The Labute approximate surface area is 123 Å². The zero-order chi connectivity index (χ0) is 14.1. The Kier molecular flexibility index (Phi) is 3.83. The zero-order valence-corrected chi connectivity index (χ0v) is 12.3. The summed E-state index contributed by atoms with van der Waals surface area (Å²) >= 11 is 5.97. The lowest BCUT2D eigenvalue weighted by atomic mass is 10.2. The fraction of sp³-hybridized carbons (Fsp3) is 0.500. The van der Waals surface area contributed by atoms with Gasteiger partial charge in [0.05, 0.1) is 0 Å². The average molecular weight is 295 g/mol. The molecule has 1 aliphatic rings. The Bertz CT molecular complexity index is 592. The van der Waals surface area contributed by atoms with Gasteiger partial charge in [-0.15, -0.1) is 0 Å². The first kappa shape index (κ1) is 13.7. The van der Waals surface area contributed by atoms with Crippen molar-refractivity contribution in [2.45, 2.75) is 13.0 Å². The van der Waals surface area contributed by atoms with E-state index in [1.165, 1.54) is 0 Å². The summed E-state index contributed by atoms with van der Waals surface area (Å²) in [5.74, 6) is 0. The van der Waals surface area contributed by atoms with Gasteiger partial charge >= 0.3 is 0 Å². The molecule has 1 aliphatic heterocycles. The molecule has 5 nitrogen and oxygen atoms in total. The molecule has 2 aromatic rings. The normalized spacial score (nSPS) is 18.6. The monoisotopic (exact) mass is 294 g/mol. The van der Waals surface area contributed by atoms with Crippen molar-refractivity contribution in [3.8, 4) is 0 Å². The maximum atomic E-state index is 5.97. The van der Waals surface area contributed by atoms with E-state index in [-0.39, 0.29) is 0 Å². The van der Waals surface area contributed by atoms with E-state index in [0.717, 1.165) is 37.3 Å². The molecule has 1 atom stereocenters. The third-order valence-corrected chi connectivity index (χ3v) is 4.12. The third kappa shape index (κ3) is 2.61. The van der Waals surface area contributed by atoms with Gasteiger partial charge in [-0.3, -0.25) is 4.90 Å². The molecule has 2 heterocycles. The van der Waals surface area contributed by atoms with E-state index >= 15 is 0 Å². The topological polar surface area (TPSA) is 58.5 Å². The van der Waals surface area contributed by atoms with Crippen molar-refractivity contribution in [3.05, 3.63) is 23.2 Å². The number of rotatable bonds is 3. The van der Waals surface area contributed by atoms with Crippen molar-refractivity contribution >= 4 is 28.7 Å². The molecule has 20 heavy (non-hydrogen) atoms. The second-order valence-corrected chi connectivity index (χ2v) is 5.65. The second-order valence-electron chi connectivity index (χ2n) is 5.22. The molecule has 1 saturated heterocycles. The number of aromatic nitrogens is 1. The minimum absolute atomic E-state index is 0.430. The zero-order valence-electron chi connectivity index (χ0n) is 11.6. The van der Waals surface area contributed by atoms with Gasteiger partial charge in [0.1, 0.15) is 5.52 Å². The lowest BCUT2D eigenvalue weighted by molar-refractivity contribution is 0.198. The van der Waals surface area contributed by atoms with Crippen LogP contribution in [0.2, 0.25) is 5.02 Å². The molecule has 0 aliphatic carbocycles. The van der Waals surface area contributed by atoms with Crippen LogP contribution in [0.25, 0.3) is 11.1 Å². The summed E-state index contributed by atoms with van der Waals surface area (Å²) in [6.07, 6.45) is 0. The number of oxazole rings is 1. The Morgan fingerprint density at radius 2 is 2.10 bits per heavy atom. The quantitative estimate of drug-likeness (QED) is 0.937. The van der Waals surface area contributed by atoms with E-state index in [1.807, 2.05) is 18.2 Å². The highest BCUT2D eigenvalue weighted by Crippen LogP contribution is 2.25. The van der Waals surface area contributed by atoms with Crippen LogP contribution in [-0.4, -0.2) is 48.6 Å². The van der Waals surface area contributed by atoms with Gasteiger partial charge in [0, 0.05) is 43.8 Å². The molecular formula is C14H19ClN4O. The molecule has 1 aromatic heterocycles. The minimum Gasteiger partial charge on any atom is -0.423 e. The van der Waals surface area contributed by atoms with Crippen molar-refractivity contribution in [3.63, 3.8) is 0 Å². The van der Waals surface area contributed by atoms with E-state index in [2.05, 4.69) is 21.7 Å². The Morgan fingerprint density at radius 1 is 1.35 bits per heavy atom. The number of hydrogen-bond acceptors (Lipinski definition) is 5. The Morgan fingerprint density at radius 3 is 2.80 bits per heavy atom. The summed E-state index contributed by atoms with van der Waals surface area (Å²) in [5.41, 5.74) is 7.31. The van der Waals surface area contributed by atoms with Crippen LogP contribution in [-0.2, 0) is 0 Å². The molecule has 0 radical (unpaired) electrons. The summed E-state index contributed by atoms with van der Waals surface area (Å²) in [6.45, 7) is 6.64. The van der Waals surface area contributed by atoms with Crippen molar-refractivity contribution in [1.82, 2.24) is 9.88 Å². The van der Waals surface area contributed by atoms with E-state index in [0.29, 0.717) is 23.6 Å². The van der Waals surface area contributed by atoms with Crippen LogP contribution in [0.15, 0.2) is 22.6 Å². The predicted octanol–water partition coefficient (Wildman–Crippen LogP) is 1.95. The first-order chi connectivity index (χ1) is 9.67. The van der Waals surface area contributed by atoms with Gasteiger partial charge in [0.25, 0.3) is 6.01 Å². The molecule has 3 rings (SSSR count). The van der Waals surface area contributed by atoms with Crippen molar-refractivity contribution in [2.24, 2.45) is 5.73 Å². The number of nitrogens with two attached hydrogens (primary N) is 1. The Hall–Kier alpha value is -1.30. The van der Waals surface area contributed by atoms with Gasteiger partial charge in [0.2, 0.25) is 0 Å². The van der Waals surface area contributed by atoms with Crippen molar-refractivity contribution in [1.29, 1.82) is 0 Å².